The van der Waals surface area contributed by atoms with Crippen molar-refractivity contribution >= 4 is 23.4 Å². The molecule has 162 valence electrons. The van der Waals surface area contributed by atoms with Gasteiger partial charge in [-0.05, 0) is 64.8 Å². The van der Waals surface area contributed by atoms with E-state index in [4.69, 9.17) is 16.3 Å². The number of hydrogen-bond donors (Lipinski definition) is 1. The van der Waals surface area contributed by atoms with E-state index in [9.17, 15) is 9.59 Å². The van der Waals surface area contributed by atoms with Gasteiger partial charge in [0.25, 0.3) is 5.91 Å². The number of aryl methyl sites for hydroxylation is 2. The Bertz CT molecular complexity index is 906. The lowest BCUT2D eigenvalue weighted by atomic mass is 10.1. The Morgan fingerprint density at radius 1 is 1.13 bits per heavy atom. The number of halogens is 1. The van der Waals surface area contributed by atoms with Gasteiger partial charge in [0.05, 0.1) is 0 Å². The second kappa shape index (κ2) is 9.98. The normalized spacial score (nSPS) is 12.2. The quantitative estimate of drug-likeness (QED) is 0.694. The molecule has 0 radical (unpaired) electrons. The molecule has 5 nitrogen and oxygen atoms in total. The summed E-state index contributed by atoms with van der Waals surface area (Å²) < 4.78 is 5.78. The minimum atomic E-state index is -0.685. The molecule has 0 aromatic heterocycles. The highest BCUT2D eigenvalue weighted by atomic mass is 35.5. The van der Waals surface area contributed by atoms with Crippen LogP contribution in [-0.4, -0.2) is 34.9 Å². The van der Waals surface area contributed by atoms with Crippen molar-refractivity contribution in [3.05, 3.63) is 64.2 Å². The fraction of sp³-hybridized carbons (Fsp3) is 0.417. The first-order valence-corrected chi connectivity index (χ1v) is 10.4. The summed E-state index contributed by atoms with van der Waals surface area (Å²) in [6.07, 6.45) is 0. The maximum absolute atomic E-state index is 13.1. The van der Waals surface area contributed by atoms with Gasteiger partial charge in [-0.1, -0.05) is 47.5 Å². The minimum Gasteiger partial charge on any atom is -0.483 e. The second-order valence-corrected chi connectivity index (χ2v) is 8.99. The predicted octanol–water partition coefficient (Wildman–Crippen LogP) is 4.67. The van der Waals surface area contributed by atoms with Gasteiger partial charge in [-0.15, -0.1) is 0 Å². The van der Waals surface area contributed by atoms with Crippen molar-refractivity contribution < 1.29 is 14.3 Å². The zero-order chi connectivity index (χ0) is 22.5. The molecule has 2 aromatic carbocycles. The number of carbonyl (C=O) groups excluding carboxylic acids is 2. The lowest BCUT2D eigenvalue weighted by molar-refractivity contribution is -0.142. The van der Waals surface area contributed by atoms with Crippen molar-refractivity contribution in [3.63, 3.8) is 0 Å². The number of amides is 2. The number of ether oxygens (including phenoxy) is 1. The van der Waals surface area contributed by atoms with E-state index in [1.165, 1.54) is 4.90 Å². The van der Waals surface area contributed by atoms with E-state index in [0.29, 0.717) is 10.8 Å². The topological polar surface area (TPSA) is 58.6 Å². The van der Waals surface area contributed by atoms with Crippen LogP contribution in [0.3, 0.4) is 0 Å². The van der Waals surface area contributed by atoms with Crippen LogP contribution in [0, 0.1) is 13.8 Å². The van der Waals surface area contributed by atoms with Crippen molar-refractivity contribution in [1.82, 2.24) is 10.2 Å². The van der Waals surface area contributed by atoms with E-state index >= 15 is 0 Å². The molecule has 1 N–H and O–H groups in total. The van der Waals surface area contributed by atoms with Crippen molar-refractivity contribution in [2.75, 3.05) is 6.61 Å². The van der Waals surface area contributed by atoms with Crippen molar-refractivity contribution in [2.45, 2.75) is 59.7 Å². The maximum Gasteiger partial charge on any atom is 0.261 e. The monoisotopic (exact) mass is 430 g/mol. The van der Waals surface area contributed by atoms with Crippen LogP contribution in [0.2, 0.25) is 5.02 Å². The van der Waals surface area contributed by atoms with E-state index in [-0.39, 0.29) is 25.0 Å². The summed E-state index contributed by atoms with van der Waals surface area (Å²) in [6.45, 7) is 11.4. The zero-order valence-corrected chi connectivity index (χ0v) is 19.3. The van der Waals surface area contributed by atoms with Gasteiger partial charge in [0.1, 0.15) is 11.8 Å². The molecule has 0 aliphatic carbocycles. The number of benzene rings is 2. The van der Waals surface area contributed by atoms with Crippen molar-refractivity contribution in [1.29, 1.82) is 0 Å². The summed E-state index contributed by atoms with van der Waals surface area (Å²) in [5.41, 5.74) is 2.45. The molecule has 0 saturated heterocycles. The van der Waals surface area contributed by atoms with Crippen LogP contribution in [0.4, 0.5) is 0 Å². The molecule has 2 rings (SSSR count). The van der Waals surface area contributed by atoms with Crippen LogP contribution in [0.1, 0.15) is 44.4 Å². The Morgan fingerprint density at radius 2 is 1.80 bits per heavy atom. The Morgan fingerprint density at radius 3 is 2.40 bits per heavy atom. The summed E-state index contributed by atoms with van der Waals surface area (Å²) in [5.74, 6) is 0.138. The molecule has 0 bridgehead atoms. The largest absolute Gasteiger partial charge is 0.483 e. The number of rotatable bonds is 7. The van der Waals surface area contributed by atoms with Crippen LogP contribution in [-0.2, 0) is 16.1 Å². The second-order valence-electron chi connectivity index (χ2n) is 8.59. The number of carbonyl (C=O) groups is 2. The third-order valence-electron chi connectivity index (χ3n) is 4.65. The van der Waals surface area contributed by atoms with Crippen LogP contribution in [0.15, 0.2) is 42.5 Å². The molecular formula is C24H31ClN2O3. The predicted molar refractivity (Wildman–Crippen MR) is 121 cm³/mol. The average molecular weight is 431 g/mol. The molecule has 0 spiro atoms. The molecule has 0 saturated carbocycles. The fourth-order valence-corrected chi connectivity index (χ4v) is 3.25. The Balaban J connectivity index is 2.21. The van der Waals surface area contributed by atoms with Crippen LogP contribution in [0.5, 0.6) is 5.75 Å². The van der Waals surface area contributed by atoms with E-state index in [1.54, 1.807) is 13.0 Å². The minimum absolute atomic E-state index is 0.165. The third kappa shape index (κ3) is 6.77. The van der Waals surface area contributed by atoms with Gasteiger partial charge in [-0.3, -0.25) is 9.59 Å². The number of hydrogen-bond acceptors (Lipinski definition) is 3. The maximum atomic E-state index is 13.1. The first-order chi connectivity index (χ1) is 14.0. The Hall–Kier alpha value is -2.53. The molecule has 1 atom stereocenters. The third-order valence-corrected chi connectivity index (χ3v) is 5.01. The highest BCUT2D eigenvalue weighted by molar-refractivity contribution is 6.31. The Kier molecular flexibility index (Phi) is 7.90. The highest BCUT2D eigenvalue weighted by Crippen LogP contribution is 2.21. The molecule has 6 heteroatoms. The van der Waals surface area contributed by atoms with Gasteiger partial charge in [0.2, 0.25) is 5.91 Å². The molecular weight excluding hydrogens is 400 g/mol. The summed E-state index contributed by atoms with van der Waals surface area (Å²) in [5, 5.41) is 3.49. The van der Waals surface area contributed by atoms with Gasteiger partial charge >= 0.3 is 0 Å². The lowest BCUT2D eigenvalue weighted by Gasteiger charge is -2.31. The van der Waals surface area contributed by atoms with E-state index in [0.717, 1.165) is 16.7 Å². The standard InChI is InChI=1S/C24H31ClN2O3/c1-16-11-12-21(17(2)13-16)30-15-22(28)27(14-19-9-7-8-10-20(19)25)18(3)23(29)26-24(4,5)6/h7-13,18H,14-15H2,1-6H3,(H,26,29)/t18-/m1/s1. The van der Waals surface area contributed by atoms with Crippen molar-refractivity contribution in [2.24, 2.45) is 0 Å². The summed E-state index contributed by atoms with van der Waals surface area (Å²) in [4.78, 5) is 27.4. The molecule has 0 heterocycles. The molecule has 30 heavy (non-hydrogen) atoms. The molecule has 0 aliphatic rings. The first kappa shape index (κ1) is 23.7. The summed E-state index contributed by atoms with van der Waals surface area (Å²) >= 11 is 6.30. The van der Waals surface area contributed by atoms with Gasteiger partial charge in [-0.2, -0.15) is 0 Å². The fourth-order valence-electron chi connectivity index (χ4n) is 3.05. The van der Waals surface area contributed by atoms with E-state index in [1.807, 2.05) is 71.0 Å². The summed E-state index contributed by atoms with van der Waals surface area (Å²) in [6, 6.07) is 12.4. The van der Waals surface area contributed by atoms with Crippen LogP contribution >= 0.6 is 11.6 Å². The number of nitrogens with one attached hydrogen (secondary N) is 1. The summed E-state index contributed by atoms with van der Waals surface area (Å²) in [7, 11) is 0. The molecule has 0 fully saturated rings. The molecule has 2 aromatic rings. The van der Waals surface area contributed by atoms with Crippen LogP contribution < -0.4 is 10.1 Å². The molecule has 2 amide bonds. The smallest absolute Gasteiger partial charge is 0.261 e. The van der Waals surface area contributed by atoms with Gasteiger partial charge in [0, 0.05) is 17.1 Å². The van der Waals surface area contributed by atoms with Crippen LogP contribution in [0.25, 0.3) is 0 Å². The SMILES string of the molecule is Cc1ccc(OCC(=O)N(Cc2ccccc2Cl)[C@H](C)C(=O)NC(C)(C)C)c(C)c1. The first-order valence-electron chi connectivity index (χ1n) is 10.0. The van der Waals surface area contributed by atoms with E-state index in [2.05, 4.69) is 5.32 Å². The van der Waals surface area contributed by atoms with Gasteiger partial charge in [-0.25, -0.2) is 0 Å². The van der Waals surface area contributed by atoms with Gasteiger partial charge in [0.15, 0.2) is 6.61 Å². The number of nitrogens with zero attached hydrogens (tertiary/aromatic N) is 1. The van der Waals surface area contributed by atoms with E-state index < -0.39 is 11.6 Å². The zero-order valence-electron chi connectivity index (χ0n) is 18.6. The Labute approximate surface area is 184 Å². The molecule has 0 unspecified atom stereocenters. The molecule has 0 aliphatic heterocycles. The lowest BCUT2D eigenvalue weighted by Crippen LogP contribution is -2.53. The van der Waals surface area contributed by atoms with Gasteiger partial charge < -0.3 is 15.0 Å². The van der Waals surface area contributed by atoms with Crippen molar-refractivity contribution in [3.8, 4) is 5.75 Å². The average Bonchev–Trinajstić information content (AvgIpc) is 2.64. The highest BCUT2D eigenvalue weighted by Gasteiger charge is 2.29.